The van der Waals surface area contributed by atoms with E-state index < -0.39 is 11.7 Å². The first-order valence-corrected chi connectivity index (χ1v) is 7.54. The van der Waals surface area contributed by atoms with E-state index in [4.69, 9.17) is 0 Å². The van der Waals surface area contributed by atoms with Gasteiger partial charge in [-0.2, -0.15) is 13.2 Å². The highest BCUT2D eigenvalue weighted by atomic mass is 35.5. The molecule has 130 valence electrons. The molecule has 2 N–H and O–H groups in total. The van der Waals surface area contributed by atoms with Crippen LogP contribution in [0.4, 0.5) is 18.9 Å². The Labute approximate surface area is 140 Å². The van der Waals surface area contributed by atoms with Gasteiger partial charge in [0.25, 0.3) is 0 Å². The average molecular weight is 351 g/mol. The summed E-state index contributed by atoms with van der Waals surface area (Å²) in [5, 5.41) is 5.83. The van der Waals surface area contributed by atoms with E-state index in [1.54, 1.807) is 0 Å². The van der Waals surface area contributed by atoms with Crippen LogP contribution in [-0.4, -0.2) is 19.0 Å². The Bertz CT molecular complexity index is 529. The standard InChI is InChI=1S/C16H21F3N2O.ClH/c1-11-2-4-13(10-14(11)16(17,18)19)21-15(22)5-3-12-6-8-20-9-7-12;/h2,4,10,12,20H,3,5-9H2,1H3,(H,21,22);1H. The van der Waals surface area contributed by atoms with Gasteiger partial charge in [-0.15, -0.1) is 12.4 Å². The number of carbonyl (C=O) groups excluding carboxylic acids is 1. The fourth-order valence-corrected chi connectivity index (χ4v) is 2.73. The zero-order valence-corrected chi connectivity index (χ0v) is 13.8. The Morgan fingerprint density at radius 3 is 2.57 bits per heavy atom. The molecule has 0 bridgehead atoms. The number of hydrogen-bond acceptors (Lipinski definition) is 2. The van der Waals surface area contributed by atoms with Crippen molar-refractivity contribution in [2.75, 3.05) is 18.4 Å². The van der Waals surface area contributed by atoms with Crippen molar-refractivity contribution >= 4 is 24.0 Å². The molecule has 1 saturated heterocycles. The molecule has 0 atom stereocenters. The Balaban J connectivity index is 0.00000264. The van der Waals surface area contributed by atoms with E-state index >= 15 is 0 Å². The number of anilines is 1. The number of aryl methyl sites for hydroxylation is 1. The Morgan fingerprint density at radius 1 is 1.30 bits per heavy atom. The summed E-state index contributed by atoms with van der Waals surface area (Å²) in [6, 6.07) is 3.88. The van der Waals surface area contributed by atoms with Crippen LogP contribution in [0, 0.1) is 12.8 Å². The Hall–Kier alpha value is -1.27. The summed E-state index contributed by atoms with van der Waals surface area (Å²) in [5.41, 5.74) is -0.350. The second-order valence-electron chi connectivity index (χ2n) is 5.81. The first-order valence-electron chi connectivity index (χ1n) is 7.54. The Morgan fingerprint density at radius 2 is 1.96 bits per heavy atom. The van der Waals surface area contributed by atoms with Crippen LogP contribution < -0.4 is 10.6 Å². The number of rotatable bonds is 4. The molecule has 2 rings (SSSR count). The van der Waals surface area contributed by atoms with Gasteiger partial charge in [-0.25, -0.2) is 0 Å². The minimum atomic E-state index is -4.40. The fourth-order valence-electron chi connectivity index (χ4n) is 2.73. The molecule has 0 unspecified atom stereocenters. The molecule has 1 aromatic rings. The van der Waals surface area contributed by atoms with Crippen molar-refractivity contribution < 1.29 is 18.0 Å². The summed E-state index contributed by atoms with van der Waals surface area (Å²) in [7, 11) is 0. The topological polar surface area (TPSA) is 41.1 Å². The van der Waals surface area contributed by atoms with Crippen LogP contribution in [0.5, 0.6) is 0 Å². The van der Waals surface area contributed by atoms with Gasteiger partial charge in [0.05, 0.1) is 5.56 Å². The minimum absolute atomic E-state index is 0. The Kier molecular flexibility index (Phi) is 7.35. The molecule has 3 nitrogen and oxygen atoms in total. The number of amides is 1. The maximum atomic E-state index is 12.8. The molecule has 7 heteroatoms. The van der Waals surface area contributed by atoms with Crippen LogP contribution in [0.25, 0.3) is 0 Å². The molecular formula is C16H22ClF3N2O. The van der Waals surface area contributed by atoms with Gasteiger partial charge in [-0.1, -0.05) is 6.07 Å². The van der Waals surface area contributed by atoms with Crippen LogP contribution in [0.3, 0.4) is 0 Å². The highest BCUT2D eigenvalue weighted by Gasteiger charge is 2.32. The smallest absolute Gasteiger partial charge is 0.326 e. The third-order valence-electron chi connectivity index (χ3n) is 4.07. The third kappa shape index (κ3) is 6.03. The molecular weight excluding hydrogens is 329 g/mol. The van der Waals surface area contributed by atoms with Gasteiger partial charge in [-0.05, 0) is 62.9 Å². The highest BCUT2D eigenvalue weighted by Crippen LogP contribution is 2.33. The lowest BCUT2D eigenvalue weighted by molar-refractivity contribution is -0.138. The molecule has 0 spiro atoms. The van der Waals surface area contributed by atoms with E-state index in [1.807, 2.05) is 0 Å². The number of nitrogens with one attached hydrogen (secondary N) is 2. The second-order valence-corrected chi connectivity index (χ2v) is 5.81. The van der Waals surface area contributed by atoms with Crippen LogP contribution in [0.1, 0.15) is 36.8 Å². The van der Waals surface area contributed by atoms with E-state index in [1.165, 1.54) is 19.1 Å². The molecule has 0 radical (unpaired) electrons. The van der Waals surface area contributed by atoms with Crippen LogP contribution in [0.2, 0.25) is 0 Å². The number of hydrogen-bond donors (Lipinski definition) is 2. The van der Waals surface area contributed by atoms with Gasteiger partial charge in [0.1, 0.15) is 0 Å². The van der Waals surface area contributed by atoms with E-state index in [-0.39, 0.29) is 29.6 Å². The van der Waals surface area contributed by atoms with Crippen molar-refractivity contribution in [3.05, 3.63) is 29.3 Å². The number of piperidine rings is 1. The molecule has 0 saturated carbocycles. The zero-order chi connectivity index (χ0) is 16.2. The van der Waals surface area contributed by atoms with Crippen LogP contribution >= 0.6 is 12.4 Å². The van der Waals surface area contributed by atoms with Crippen LogP contribution in [-0.2, 0) is 11.0 Å². The van der Waals surface area contributed by atoms with E-state index in [2.05, 4.69) is 10.6 Å². The van der Waals surface area contributed by atoms with Gasteiger partial charge < -0.3 is 10.6 Å². The lowest BCUT2D eigenvalue weighted by Crippen LogP contribution is -2.28. The molecule has 1 fully saturated rings. The quantitative estimate of drug-likeness (QED) is 0.856. The summed E-state index contributed by atoms with van der Waals surface area (Å²) >= 11 is 0. The molecule has 1 heterocycles. The lowest BCUT2D eigenvalue weighted by atomic mass is 9.93. The highest BCUT2D eigenvalue weighted by molar-refractivity contribution is 5.90. The first-order chi connectivity index (χ1) is 10.4. The van der Waals surface area contributed by atoms with Crippen LogP contribution in [0.15, 0.2) is 18.2 Å². The van der Waals surface area contributed by atoms with Crippen molar-refractivity contribution in [2.24, 2.45) is 5.92 Å². The van der Waals surface area contributed by atoms with Crippen molar-refractivity contribution in [3.63, 3.8) is 0 Å². The summed E-state index contributed by atoms with van der Waals surface area (Å²) in [6.45, 7) is 3.35. The van der Waals surface area contributed by atoms with E-state index in [9.17, 15) is 18.0 Å². The fraction of sp³-hybridized carbons (Fsp3) is 0.562. The van der Waals surface area contributed by atoms with Crippen molar-refractivity contribution in [2.45, 2.75) is 38.8 Å². The molecule has 1 amide bonds. The zero-order valence-electron chi connectivity index (χ0n) is 13.0. The molecule has 0 aromatic heterocycles. The van der Waals surface area contributed by atoms with Gasteiger partial charge >= 0.3 is 6.18 Å². The minimum Gasteiger partial charge on any atom is -0.326 e. The molecule has 0 aliphatic carbocycles. The van der Waals surface area contributed by atoms with Gasteiger partial charge in [0.2, 0.25) is 5.91 Å². The number of benzene rings is 1. The van der Waals surface area contributed by atoms with Gasteiger partial charge in [-0.3, -0.25) is 4.79 Å². The number of alkyl halides is 3. The first kappa shape index (κ1) is 19.8. The molecule has 1 aromatic carbocycles. The van der Waals surface area contributed by atoms with Crippen molar-refractivity contribution in [1.29, 1.82) is 0 Å². The summed E-state index contributed by atoms with van der Waals surface area (Å²) in [5.74, 6) is 0.297. The largest absolute Gasteiger partial charge is 0.416 e. The summed E-state index contributed by atoms with van der Waals surface area (Å²) in [4.78, 5) is 11.9. The average Bonchev–Trinajstić information content (AvgIpc) is 2.47. The predicted octanol–water partition coefficient (Wildman–Crippen LogP) is 4.15. The maximum Gasteiger partial charge on any atom is 0.416 e. The predicted molar refractivity (Wildman–Crippen MR) is 86.9 cm³/mol. The summed E-state index contributed by atoms with van der Waals surface area (Å²) in [6.07, 6.45) is -1.17. The molecule has 1 aliphatic heterocycles. The van der Waals surface area contributed by atoms with Crippen molar-refractivity contribution in [3.8, 4) is 0 Å². The second kappa shape index (κ2) is 8.55. The number of carbonyl (C=O) groups is 1. The van der Waals surface area contributed by atoms with Gasteiger partial charge in [0.15, 0.2) is 0 Å². The number of halogens is 4. The monoisotopic (exact) mass is 350 g/mol. The third-order valence-corrected chi connectivity index (χ3v) is 4.07. The molecule has 1 aliphatic rings. The maximum absolute atomic E-state index is 12.8. The van der Waals surface area contributed by atoms with E-state index in [0.29, 0.717) is 12.3 Å². The normalized spacial score (nSPS) is 15.8. The van der Waals surface area contributed by atoms with E-state index in [0.717, 1.165) is 38.4 Å². The van der Waals surface area contributed by atoms with Crippen molar-refractivity contribution in [1.82, 2.24) is 5.32 Å². The summed E-state index contributed by atoms with van der Waals surface area (Å²) < 4.78 is 38.5. The van der Waals surface area contributed by atoms with Gasteiger partial charge in [0, 0.05) is 12.1 Å². The SMILES string of the molecule is Cc1ccc(NC(=O)CCC2CCNCC2)cc1C(F)(F)F.Cl. The molecule has 23 heavy (non-hydrogen) atoms. The lowest BCUT2D eigenvalue weighted by Gasteiger charge is -2.22.